The highest BCUT2D eigenvalue weighted by molar-refractivity contribution is 9.10. The van der Waals surface area contributed by atoms with E-state index in [4.69, 9.17) is 5.26 Å². The first-order chi connectivity index (χ1) is 9.63. The lowest BCUT2D eigenvalue weighted by Gasteiger charge is -2.16. The third kappa shape index (κ3) is 3.24. The molecule has 0 aromatic heterocycles. The van der Waals surface area contributed by atoms with Crippen LogP contribution in [0.2, 0.25) is 0 Å². The molecule has 0 radical (unpaired) electrons. The summed E-state index contributed by atoms with van der Waals surface area (Å²) in [6, 6.07) is 14.7. The highest BCUT2D eigenvalue weighted by Gasteiger charge is 2.11. The first kappa shape index (κ1) is 14.7. The molecule has 0 saturated heterocycles. The van der Waals surface area contributed by atoms with Gasteiger partial charge in [0.2, 0.25) is 0 Å². The van der Waals surface area contributed by atoms with E-state index in [1.807, 2.05) is 37.3 Å². The van der Waals surface area contributed by atoms with Crippen molar-refractivity contribution in [1.29, 1.82) is 5.26 Å². The van der Waals surface area contributed by atoms with Crippen molar-refractivity contribution in [2.75, 3.05) is 0 Å². The van der Waals surface area contributed by atoms with Crippen molar-refractivity contribution in [3.05, 3.63) is 69.4 Å². The summed E-state index contributed by atoms with van der Waals surface area (Å²) in [5.41, 5.74) is 1.70. The number of hydrogen-bond donors (Lipinski definition) is 1. The predicted octanol–water partition coefficient (Wildman–Crippen LogP) is 4.31. The Bertz CT molecular complexity index is 649. The number of nitrogens with one attached hydrogen (secondary N) is 1. The summed E-state index contributed by atoms with van der Waals surface area (Å²) in [5.74, 6) is -0.443. The van der Waals surface area contributed by atoms with Crippen LogP contribution in [-0.2, 0) is 6.54 Å². The lowest BCUT2D eigenvalue weighted by molar-refractivity contribution is 0.542. The van der Waals surface area contributed by atoms with Crippen molar-refractivity contribution >= 4 is 15.9 Å². The molecule has 0 spiro atoms. The smallest absolute Gasteiger partial charge is 0.145 e. The molecule has 1 atom stereocenters. The summed E-state index contributed by atoms with van der Waals surface area (Å²) in [6.07, 6.45) is 0. The summed E-state index contributed by atoms with van der Waals surface area (Å²) in [7, 11) is 0. The van der Waals surface area contributed by atoms with Crippen molar-refractivity contribution in [3.8, 4) is 6.07 Å². The Morgan fingerprint density at radius 2 is 2.00 bits per heavy atom. The second-order valence-corrected chi connectivity index (χ2v) is 5.37. The van der Waals surface area contributed by atoms with Gasteiger partial charge in [0.1, 0.15) is 11.9 Å². The van der Waals surface area contributed by atoms with Gasteiger partial charge in [-0.3, -0.25) is 0 Å². The van der Waals surface area contributed by atoms with Crippen molar-refractivity contribution in [1.82, 2.24) is 5.32 Å². The van der Waals surface area contributed by atoms with Crippen LogP contribution in [0.5, 0.6) is 0 Å². The van der Waals surface area contributed by atoms with E-state index in [9.17, 15) is 4.39 Å². The monoisotopic (exact) mass is 332 g/mol. The van der Waals surface area contributed by atoms with Gasteiger partial charge in [0.15, 0.2) is 0 Å². The van der Waals surface area contributed by atoms with Crippen molar-refractivity contribution in [3.63, 3.8) is 0 Å². The number of halogens is 2. The van der Waals surface area contributed by atoms with Crippen LogP contribution in [0.3, 0.4) is 0 Å². The first-order valence-corrected chi connectivity index (χ1v) is 7.08. The van der Waals surface area contributed by atoms with Crippen molar-refractivity contribution in [2.24, 2.45) is 0 Å². The SMILES string of the molecule is C[C@@H](NCc1cccc(C#N)c1F)c1ccccc1Br. The van der Waals surface area contributed by atoms with Gasteiger partial charge in [-0.2, -0.15) is 5.26 Å². The van der Waals surface area contributed by atoms with Gasteiger partial charge in [-0.05, 0) is 24.6 Å². The minimum Gasteiger partial charge on any atom is -0.306 e. The van der Waals surface area contributed by atoms with Gasteiger partial charge in [-0.15, -0.1) is 0 Å². The molecular formula is C16H14BrFN2. The Balaban J connectivity index is 2.10. The van der Waals surface area contributed by atoms with Crippen LogP contribution in [0.4, 0.5) is 4.39 Å². The van der Waals surface area contributed by atoms with Gasteiger partial charge in [0.05, 0.1) is 5.56 Å². The molecule has 2 nitrogen and oxygen atoms in total. The van der Waals surface area contributed by atoms with E-state index in [-0.39, 0.29) is 11.6 Å². The van der Waals surface area contributed by atoms with E-state index in [0.29, 0.717) is 12.1 Å². The van der Waals surface area contributed by atoms with Crippen LogP contribution in [0, 0.1) is 17.1 Å². The maximum Gasteiger partial charge on any atom is 0.145 e. The molecule has 20 heavy (non-hydrogen) atoms. The number of hydrogen-bond acceptors (Lipinski definition) is 2. The molecule has 0 aliphatic heterocycles. The minimum absolute atomic E-state index is 0.0794. The summed E-state index contributed by atoms with van der Waals surface area (Å²) in [4.78, 5) is 0. The summed E-state index contributed by atoms with van der Waals surface area (Å²) in [5, 5.41) is 12.1. The second-order valence-electron chi connectivity index (χ2n) is 4.51. The third-order valence-corrected chi connectivity index (χ3v) is 3.89. The predicted molar refractivity (Wildman–Crippen MR) is 80.5 cm³/mol. The average Bonchev–Trinajstić information content (AvgIpc) is 2.46. The molecule has 4 heteroatoms. The van der Waals surface area contributed by atoms with Crippen molar-refractivity contribution < 1.29 is 4.39 Å². The molecule has 102 valence electrons. The lowest BCUT2D eigenvalue weighted by atomic mass is 10.1. The Hall–Kier alpha value is -1.70. The fourth-order valence-electron chi connectivity index (χ4n) is 2.00. The van der Waals surface area contributed by atoms with Crippen LogP contribution in [0.25, 0.3) is 0 Å². The number of rotatable bonds is 4. The molecule has 2 rings (SSSR count). The van der Waals surface area contributed by atoms with E-state index in [0.717, 1.165) is 10.0 Å². The zero-order valence-electron chi connectivity index (χ0n) is 11.0. The van der Waals surface area contributed by atoms with Gasteiger partial charge in [-0.1, -0.05) is 46.3 Å². The molecule has 0 heterocycles. The molecular weight excluding hydrogens is 319 g/mol. The summed E-state index contributed by atoms with van der Waals surface area (Å²) < 4.78 is 15.0. The van der Waals surface area contributed by atoms with E-state index in [1.54, 1.807) is 12.1 Å². The standard InChI is InChI=1S/C16H14BrFN2/c1-11(14-7-2-3-8-15(14)17)20-10-13-6-4-5-12(9-19)16(13)18/h2-8,11,20H,10H2,1H3/t11-/m1/s1. The molecule has 0 fully saturated rings. The molecule has 0 saturated carbocycles. The van der Waals surface area contributed by atoms with E-state index in [1.165, 1.54) is 6.07 Å². The highest BCUT2D eigenvalue weighted by atomic mass is 79.9. The topological polar surface area (TPSA) is 35.8 Å². The number of nitriles is 1. The summed E-state index contributed by atoms with van der Waals surface area (Å²) >= 11 is 3.50. The minimum atomic E-state index is -0.443. The van der Waals surface area contributed by atoms with E-state index < -0.39 is 5.82 Å². The molecule has 0 amide bonds. The normalized spacial score (nSPS) is 11.9. The summed E-state index contributed by atoms with van der Waals surface area (Å²) in [6.45, 7) is 2.40. The molecule has 0 bridgehead atoms. The molecule has 0 aliphatic rings. The van der Waals surface area contributed by atoms with Crippen LogP contribution in [0.15, 0.2) is 46.9 Å². The van der Waals surface area contributed by atoms with Gasteiger partial charge in [-0.25, -0.2) is 4.39 Å². The maximum atomic E-state index is 13.9. The fourth-order valence-corrected chi connectivity index (χ4v) is 2.63. The van der Waals surface area contributed by atoms with Gasteiger partial charge in [0.25, 0.3) is 0 Å². The number of nitrogens with zero attached hydrogens (tertiary/aromatic N) is 1. The lowest BCUT2D eigenvalue weighted by Crippen LogP contribution is -2.19. The molecule has 0 aliphatic carbocycles. The third-order valence-electron chi connectivity index (χ3n) is 3.17. The van der Waals surface area contributed by atoms with Crippen LogP contribution >= 0.6 is 15.9 Å². The Morgan fingerprint density at radius 1 is 1.25 bits per heavy atom. The Morgan fingerprint density at radius 3 is 2.70 bits per heavy atom. The maximum absolute atomic E-state index is 13.9. The first-order valence-electron chi connectivity index (χ1n) is 6.28. The van der Waals surface area contributed by atoms with Crippen LogP contribution in [-0.4, -0.2) is 0 Å². The zero-order chi connectivity index (χ0) is 14.5. The van der Waals surface area contributed by atoms with Crippen LogP contribution in [0.1, 0.15) is 29.7 Å². The fraction of sp³-hybridized carbons (Fsp3) is 0.188. The Labute approximate surface area is 126 Å². The molecule has 1 N–H and O–H groups in total. The van der Waals surface area contributed by atoms with Crippen molar-refractivity contribution in [2.45, 2.75) is 19.5 Å². The average molecular weight is 333 g/mol. The van der Waals surface area contributed by atoms with Gasteiger partial charge >= 0.3 is 0 Å². The highest BCUT2D eigenvalue weighted by Crippen LogP contribution is 2.23. The van der Waals surface area contributed by atoms with Gasteiger partial charge in [0, 0.05) is 22.6 Å². The molecule has 0 unspecified atom stereocenters. The Kier molecular flexibility index (Phi) is 4.89. The zero-order valence-corrected chi connectivity index (χ0v) is 12.6. The second kappa shape index (κ2) is 6.65. The molecule has 2 aromatic carbocycles. The van der Waals surface area contributed by atoms with Crippen LogP contribution < -0.4 is 5.32 Å². The van der Waals surface area contributed by atoms with E-state index >= 15 is 0 Å². The quantitative estimate of drug-likeness (QED) is 0.905. The largest absolute Gasteiger partial charge is 0.306 e. The van der Waals surface area contributed by atoms with E-state index in [2.05, 4.69) is 21.2 Å². The number of benzene rings is 2. The van der Waals surface area contributed by atoms with Gasteiger partial charge < -0.3 is 5.32 Å². The molecule has 2 aromatic rings.